The Labute approximate surface area is 223 Å². The number of carbonyl (C=O) groups is 2. The fraction of sp³-hybridized carbons (Fsp3) is 0.310. The second-order valence-electron chi connectivity index (χ2n) is 8.40. The van der Waals surface area contributed by atoms with E-state index in [1.807, 2.05) is 45.9 Å². The molecule has 3 aromatic rings. The summed E-state index contributed by atoms with van der Waals surface area (Å²) in [5.41, 5.74) is 3.35. The van der Waals surface area contributed by atoms with E-state index in [0.29, 0.717) is 54.7 Å². The second kappa shape index (κ2) is 13.6. The smallest absolute Gasteiger partial charge is 0.255 e. The van der Waals surface area contributed by atoms with E-state index in [4.69, 9.17) is 25.8 Å². The largest absolute Gasteiger partial charge is 0.494 e. The van der Waals surface area contributed by atoms with Gasteiger partial charge >= 0.3 is 0 Å². The molecule has 0 aromatic heterocycles. The van der Waals surface area contributed by atoms with Crippen LogP contribution in [-0.4, -0.2) is 31.6 Å². The highest BCUT2D eigenvalue weighted by molar-refractivity contribution is 6.32. The minimum atomic E-state index is -0.271. The topological polar surface area (TPSA) is 85.9 Å². The maximum absolute atomic E-state index is 12.7. The highest BCUT2D eigenvalue weighted by Gasteiger charge is 2.17. The number of amides is 2. The first kappa shape index (κ1) is 27.9. The van der Waals surface area contributed by atoms with Crippen LogP contribution >= 0.6 is 11.6 Å². The Hall–Kier alpha value is -3.71. The van der Waals surface area contributed by atoms with Crippen molar-refractivity contribution in [3.63, 3.8) is 0 Å². The van der Waals surface area contributed by atoms with Crippen LogP contribution < -0.4 is 24.8 Å². The van der Waals surface area contributed by atoms with Gasteiger partial charge in [-0.05, 0) is 69.5 Å². The molecular weight excluding hydrogens is 492 g/mol. The highest BCUT2D eigenvalue weighted by Crippen LogP contribution is 2.37. The standard InChI is InChI=1S/C29H33ClN2O5/c1-5-35-25-18-24(32-29(34)21-11-8-7-9-12-21)26(36-6-2)17-23(25)31-27(33)13-10-14-37-22-15-19(3)28(30)20(4)16-22/h7-9,11-12,15-18H,5-6,10,13-14H2,1-4H3,(H,31,33)(H,32,34). The van der Waals surface area contributed by atoms with E-state index in [1.165, 1.54) is 0 Å². The third kappa shape index (κ3) is 7.89. The minimum absolute atomic E-state index is 0.184. The predicted octanol–water partition coefficient (Wildman–Crippen LogP) is 6.80. The van der Waals surface area contributed by atoms with Crippen molar-refractivity contribution in [2.75, 3.05) is 30.5 Å². The summed E-state index contributed by atoms with van der Waals surface area (Å²) < 4.78 is 17.3. The van der Waals surface area contributed by atoms with Crippen LogP contribution in [0.15, 0.2) is 54.6 Å². The highest BCUT2D eigenvalue weighted by atomic mass is 35.5. The van der Waals surface area contributed by atoms with Crippen LogP contribution in [0.4, 0.5) is 11.4 Å². The van der Waals surface area contributed by atoms with E-state index in [9.17, 15) is 9.59 Å². The van der Waals surface area contributed by atoms with Gasteiger partial charge in [0, 0.05) is 29.1 Å². The molecule has 3 rings (SSSR count). The average molecular weight is 525 g/mol. The van der Waals surface area contributed by atoms with Gasteiger partial charge in [0.15, 0.2) is 0 Å². The molecule has 2 N–H and O–H groups in total. The zero-order chi connectivity index (χ0) is 26.8. The summed E-state index contributed by atoms with van der Waals surface area (Å²) >= 11 is 6.21. The summed E-state index contributed by atoms with van der Waals surface area (Å²) in [6.07, 6.45) is 0.785. The molecule has 0 saturated heterocycles. The molecule has 0 radical (unpaired) electrons. The number of anilines is 2. The maximum atomic E-state index is 12.7. The number of aryl methyl sites for hydroxylation is 2. The van der Waals surface area contributed by atoms with E-state index in [-0.39, 0.29) is 18.2 Å². The van der Waals surface area contributed by atoms with Crippen molar-refractivity contribution in [3.05, 3.63) is 76.3 Å². The van der Waals surface area contributed by atoms with E-state index in [2.05, 4.69) is 10.6 Å². The molecule has 37 heavy (non-hydrogen) atoms. The molecule has 0 heterocycles. The van der Waals surface area contributed by atoms with Crippen LogP contribution in [0.1, 0.15) is 48.2 Å². The Morgan fingerprint density at radius 1 is 0.811 bits per heavy atom. The lowest BCUT2D eigenvalue weighted by Gasteiger charge is -2.18. The van der Waals surface area contributed by atoms with Gasteiger partial charge in [-0.15, -0.1) is 0 Å². The molecule has 8 heteroatoms. The van der Waals surface area contributed by atoms with Gasteiger partial charge in [-0.25, -0.2) is 0 Å². The molecule has 0 aliphatic rings. The van der Waals surface area contributed by atoms with Crippen LogP contribution in [0, 0.1) is 13.8 Å². The Morgan fingerprint density at radius 2 is 1.38 bits per heavy atom. The second-order valence-corrected chi connectivity index (χ2v) is 8.78. The number of carbonyl (C=O) groups excluding carboxylic acids is 2. The third-order valence-corrected chi connectivity index (χ3v) is 6.06. The molecular formula is C29H33ClN2O5. The molecule has 2 amide bonds. The summed E-state index contributed by atoms with van der Waals surface area (Å²) in [7, 11) is 0. The number of benzene rings is 3. The first-order valence-electron chi connectivity index (χ1n) is 12.3. The van der Waals surface area contributed by atoms with E-state index in [1.54, 1.807) is 36.4 Å². The van der Waals surface area contributed by atoms with Crippen molar-refractivity contribution < 1.29 is 23.8 Å². The van der Waals surface area contributed by atoms with Crippen LogP contribution in [-0.2, 0) is 4.79 Å². The SMILES string of the molecule is CCOc1cc(NC(=O)c2ccccc2)c(OCC)cc1NC(=O)CCCOc1cc(C)c(Cl)c(C)c1. The van der Waals surface area contributed by atoms with Crippen LogP contribution in [0.25, 0.3) is 0 Å². The molecule has 0 fully saturated rings. The third-order valence-electron chi connectivity index (χ3n) is 5.47. The van der Waals surface area contributed by atoms with Crippen LogP contribution in [0.5, 0.6) is 17.2 Å². The first-order chi connectivity index (χ1) is 17.8. The van der Waals surface area contributed by atoms with Gasteiger partial charge in [0.25, 0.3) is 5.91 Å². The Balaban J connectivity index is 1.66. The van der Waals surface area contributed by atoms with E-state index >= 15 is 0 Å². The fourth-order valence-electron chi connectivity index (χ4n) is 3.71. The lowest BCUT2D eigenvalue weighted by Crippen LogP contribution is -2.16. The van der Waals surface area contributed by atoms with E-state index < -0.39 is 0 Å². The summed E-state index contributed by atoms with van der Waals surface area (Å²) in [4.78, 5) is 25.4. The first-order valence-corrected chi connectivity index (χ1v) is 12.7. The lowest BCUT2D eigenvalue weighted by molar-refractivity contribution is -0.116. The number of halogens is 1. The summed E-state index contributed by atoms with van der Waals surface area (Å²) in [5.74, 6) is 1.14. The van der Waals surface area contributed by atoms with Crippen molar-refractivity contribution in [2.45, 2.75) is 40.5 Å². The van der Waals surface area contributed by atoms with Gasteiger partial charge in [-0.1, -0.05) is 29.8 Å². The zero-order valence-electron chi connectivity index (χ0n) is 21.7. The van der Waals surface area contributed by atoms with Gasteiger partial charge in [0.1, 0.15) is 17.2 Å². The number of ether oxygens (including phenoxy) is 3. The molecule has 7 nitrogen and oxygen atoms in total. The van der Waals surface area contributed by atoms with Crippen molar-refractivity contribution in [2.24, 2.45) is 0 Å². The fourth-order valence-corrected chi connectivity index (χ4v) is 3.82. The molecule has 3 aromatic carbocycles. The number of nitrogens with one attached hydrogen (secondary N) is 2. The van der Waals surface area contributed by atoms with E-state index in [0.717, 1.165) is 21.9 Å². The molecule has 0 unspecified atom stereocenters. The van der Waals surface area contributed by atoms with Crippen molar-refractivity contribution in [1.29, 1.82) is 0 Å². The van der Waals surface area contributed by atoms with Crippen molar-refractivity contribution in [3.8, 4) is 17.2 Å². The lowest BCUT2D eigenvalue weighted by atomic mass is 10.1. The van der Waals surface area contributed by atoms with Crippen LogP contribution in [0.3, 0.4) is 0 Å². The average Bonchev–Trinajstić information content (AvgIpc) is 2.88. The summed E-state index contributed by atoms with van der Waals surface area (Å²) in [6.45, 7) is 8.72. The molecule has 0 atom stereocenters. The van der Waals surface area contributed by atoms with Gasteiger partial charge in [0.05, 0.1) is 31.2 Å². The van der Waals surface area contributed by atoms with Gasteiger partial charge in [-0.2, -0.15) is 0 Å². The summed E-state index contributed by atoms with van der Waals surface area (Å²) in [5, 5.41) is 6.51. The number of hydrogen-bond acceptors (Lipinski definition) is 5. The predicted molar refractivity (Wildman–Crippen MR) is 147 cm³/mol. The van der Waals surface area contributed by atoms with Gasteiger partial charge in [-0.3, -0.25) is 9.59 Å². The normalized spacial score (nSPS) is 10.5. The molecule has 0 spiro atoms. The molecule has 0 bridgehead atoms. The van der Waals surface area contributed by atoms with Crippen molar-refractivity contribution >= 4 is 34.8 Å². The van der Waals surface area contributed by atoms with Gasteiger partial charge in [0.2, 0.25) is 5.91 Å². The zero-order valence-corrected chi connectivity index (χ0v) is 22.4. The molecule has 0 aliphatic carbocycles. The Bertz CT molecular complexity index is 1210. The van der Waals surface area contributed by atoms with Gasteiger partial charge < -0.3 is 24.8 Å². The minimum Gasteiger partial charge on any atom is -0.494 e. The molecule has 0 aliphatic heterocycles. The Morgan fingerprint density at radius 3 is 1.95 bits per heavy atom. The molecule has 0 saturated carbocycles. The quantitative estimate of drug-likeness (QED) is 0.254. The molecule has 196 valence electrons. The number of rotatable bonds is 12. The monoisotopic (exact) mass is 524 g/mol. The maximum Gasteiger partial charge on any atom is 0.255 e. The summed E-state index contributed by atoms with van der Waals surface area (Å²) in [6, 6.07) is 16.0. The van der Waals surface area contributed by atoms with Crippen LogP contribution in [0.2, 0.25) is 5.02 Å². The van der Waals surface area contributed by atoms with Crippen molar-refractivity contribution in [1.82, 2.24) is 0 Å². The number of hydrogen-bond donors (Lipinski definition) is 2. The Kier molecular flexibility index (Phi) is 10.2.